The van der Waals surface area contributed by atoms with Crippen molar-refractivity contribution in [2.75, 3.05) is 66.2 Å². The van der Waals surface area contributed by atoms with Gasteiger partial charge in [0.2, 0.25) is 0 Å². The smallest absolute Gasteiger partial charge is 0.193 e. The number of morpholine rings is 1. The van der Waals surface area contributed by atoms with Crippen LogP contribution < -0.4 is 5.32 Å². The number of likely N-dealkylation sites (tertiary alicyclic amines) is 1. The summed E-state index contributed by atoms with van der Waals surface area (Å²) in [5.41, 5.74) is 1.14. The number of hydrogen-bond donors (Lipinski definition) is 1. The highest BCUT2D eigenvalue weighted by atomic mass is 35.5. The van der Waals surface area contributed by atoms with Crippen molar-refractivity contribution in [3.05, 3.63) is 34.9 Å². The first-order valence-electron chi connectivity index (χ1n) is 10.3. The largest absolute Gasteiger partial charge is 0.384 e. The summed E-state index contributed by atoms with van der Waals surface area (Å²) in [5.74, 6) is 1.57. The molecule has 1 aromatic rings. The van der Waals surface area contributed by atoms with E-state index in [1.165, 1.54) is 0 Å². The molecule has 6 nitrogen and oxygen atoms in total. The summed E-state index contributed by atoms with van der Waals surface area (Å²) in [5, 5.41) is 4.28. The highest BCUT2D eigenvalue weighted by molar-refractivity contribution is 6.31. The quantitative estimate of drug-likeness (QED) is 0.555. The number of methoxy groups -OCH3 is 1. The SMILES string of the molecule is CCNC(=NCC(c1ccccc1Cl)N1CCOCC1)N1CCC(COC)C1. The normalized spacial score (nSPS) is 22.5. The molecule has 1 N–H and O–H groups in total. The number of hydrogen-bond acceptors (Lipinski definition) is 4. The Balaban J connectivity index is 1.76. The van der Waals surface area contributed by atoms with E-state index in [1.807, 2.05) is 12.1 Å². The van der Waals surface area contributed by atoms with E-state index < -0.39 is 0 Å². The van der Waals surface area contributed by atoms with Crippen molar-refractivity contribution in [3.8, 4) is 0 Å². The molecular weight excluding hydrogens is 376 g/mol. The molecule has 7 heteroatoms. The van der Waals surface area contributed by atoms with E-state index in [0.29, 0.717) is 12.5 Å². The fraction of sp³-hybridized carbons (Fsp3) is 0.667. The van der Waals surface area contributed by atoms with Crippen LogP contribution >= 0.6 is 11.6 Å². The Bertz CT molecular complexity index is 637. The lowest BCUT2D eigenvalue weighted by Crippen LogP contribution is -2.43. The molecule has 0 spiro atoms. The van der Waals surface area contributed by atoms with Gasteiger partial charge in [-0.2, -0.15) is 0 Å². The van der Waals surface area contributed by atoms with E-state index in [0.717, 1.165) is 75.5 Å². The molecule has 2 saturated heterocycles. The summed E-state index contributed by atoms with van der Waals surface area (Å²) in [6.07, 6.45) is 1.15. The van der Waals surface area contributed by atoms with Gasteiger partial charge >= 0.3 is 0 Å². The zero-order chi connectivity index (χ0) is 19.8. The lowest BCUT2D eigenvalue weighted by atomic mass is 10.0. The fourth-order valence-corrected chi connectivity index (χ4v) is 4.30. The van der Waals surface area contributed by atoms with Gasteiger partial charge < -0.3 is 19.7 Å². The van der Waals surface area contributed by atoms with Crippen LogP contribution in [0, 0.1) is 5.92 Å². The number of nitrogens with zero attached hydrogens (tertiary/aromatic N) is 3. The molecule has 0 bridgehead atoms. The number of ether oxygens (including phenoxy) is 2. The van der Waals surface area contributed by atoms with Gasteiger partial charge in [-0.15, -0.1) is 0 Å². The molecule has 0 saturated carbocycles. The second kappa shape index (κ2) is 11.0. The van der Waals surface area contributed by atoms with Crippen molar-refractivity contribution in [1.29, 1.82) is 0 Å². The Labute approximate surface area is 173 Å². The summed E-state index contributed by atoms with van der Waals surface area (Å²) in [6, 6.07) is 8.28. The fourth-order valence-electron chi connectivity index (χ4n) is 4.04. The van der Waals surface area contributed by atoms with Gasteiger partial charge in [0.15, 0.2) is 5.96 Å². The molecule has 2 heterocycles. The van der Waals surface area contributed by atoms with E-state index in [-0.39, 0.29) is 6.04 Å². The maximum absolute atomic E-state index is 6.55. The van der Waals surface area contributed by atoms with Crippen molar-refractivity contribution in [3.63, 3.8) is 0 Å². The van der Waals surface area contributed by atoms with E-state index in [1.54, 1.807) is 7.11 Å². The Hall–Kier alpha value is -1.34. The molecule has 156 valence electrons. The minimum absolute atomic E-state index is 0.156. The second-order valence-corrected chi connectivity index (χ2v) is 7.84. The van der Waals surface area contributed by atoms with Gasteiger partial charge in [-0.25, -0.2) is 0 Å². The molecule has 2 atom stereocenters. The predicted molar refractivity (Wildman–Crippen MR) is 114 cm³/mol. The average molecular weight is 409 g/mol. The van der Waals surface area contributed by atoms with Crippen molar-refractivity contribution >= 4 is 17.6 Å². The third-order valence-electron chi connectivity index (χ3n) is 5.49. The molecule has 2 unspecified atom stereocenters. The Morgan fingerprint density at radius 2 is 2.11 bits per heavy atom. The minimum atomic E-state index is 0.156. The van der Waals surface area contributed by atoms with Gasteiger partial charge in [-0.3, -0.25) is 9.89 Å². The first-order valence-corrected chi connectivity index (χ1v) is 10.7. The van der Waals surface area contributed by atoms with Gasteiger partial charge in [0.05, 0.1) is 32.4 Å². The van der Waals surface area contributed by atoms with Crippen LogP contribution in [0.4, 0.5) is 0 Å². The van der Waals surface area contributed by atoms with E-state index in [4.69, 9.17) is 26.1 Å². The van der Waals surface area contributed by atoms with Gasteiger partial charge in [0.25, 0.3) is 0 Å². The van der Waals surface area contributed by atoms with Gasteiger partial charge in [-0.05, 0) is 25.0 Å². The third-order valence-corrected chi connectivity index (χ3v) is 5.83. The van der Waals surface area contributed by atoms with Crippen molar-refractivity contribution in [1.82, 2.24) is 15.1 Å². The average Bonchev–Trinajstić information content (AvgIpc) is 3.18. The summed E-state index contributed by atoms with van der Waals surface area (Å²) in [7, 11) is 1.78. The number of rotatable bonds is 7. The first kappa shape index (κ1) is 21.4. The molecule has 28 heavy (non-hydrogen) atoms. The second-order valence-electron chi connectivity index (χ2n) is 7.44. The molecule has 1 aromatic carbocycles. The van der Waals surface area contributed by atoms with E-state index in [2.05, 4.69) is 34.2 Å². The summed E-state index contributed by atoms with van der Waals surface area (Å²) in [6.45, 7) is 9.81. The van der Waals surface area contributed by atoms with Crippen LogP contribution in [0.25, 0.3) is 0 Å². The van der Waals surface area contributed by atoms with Gasteiger partial charge in [0.1, 0.15) is 0 Å². The molecule has 0 amide bonds. The van der Waals surface area contributed by atoms with Crippen LogP contribution in [0.1, 0.15) is 24.9 Å². The molecule has 2 fully saturated rings. The van der Waals surface area contributed by atoms with Crippen LogP contribution in [-0.4, -0.2) is 82.0 Å². The number of nitrogens with one attached hydrogen (secondary N) is 1. The van der Waals surface area contributed by atoms with E-state index in [9.17, 15) is 0 Å². The van der Waals surface area contributed by atoms with Crippen molar-refractivity contribution in [2.45, 2.75) is 19.4 Å². The molecule has 0 aromatic heterocycles. The lowest BCUT2D eigenvalue weighted by molar-refractivity contribution is 0.0179. The maximum Gasteiger partial charge on any atom is 0.193 e. The van der Waals surface area contributed by atoms with Crippen molar-refractivity contribution < 1.29 is 9.47 Å². The van der Waals surface area contributed by atoms with Crippen LogP contribution in [0.3, 0.4) is 0 Å². The Morgan fingerprint density at radius 3 is 2.82 bits per heavy atom. The standard InChI is InChI=1S/C21H33ClN4O2/c1-3-23-21(26-9-8-17(15-26)16-27-2)24-14-20(25-10-12-28-13-11-25)18-6-4-5-7-19(18)22/h4-7,17,20H,3,8-16H2,1-2H3,(H,23,24). The number of aliphatic imine (C=N–C) groups is 1. The maximum atomic E-state index is 6.55. The topological polar surface area (TPSA) is 49.3 Å². The molecule has 0 radical (unpaired) electrons. The van der Waals surface area contributed by atoms with Crippen LogP contribution in [0.15, 0.2) is 29.3 Å². The zero-order valence-electron chi connectivity index (χ0n) is 17.1. The Morgan fingerprint density at radius 1 is 1.32 bits per heavy atom. The molecule has 2 aliphatic heterocycles. The van der Waals surface area contributed by atoms with Crippen LogP contribution in [-0.2, 0) is 9.47 Å². The molecule has 2 aliphatic rings. The number of benzene rings is 1. The molecular formula is C21H33ClN4O2. The Kier molecular flexibility index (Phi) is 8.40. The highest BCUT2D eigenvalue weighted by Gasteiger charge is 2.27. The number of halogens is 1. The first-order chi connectivity index (χ1) is 13.7. The zero-order valence-corrected chi connectivity index (χ0v) is 17.8. The monoisotopic (exact) mass is 408 g/mol. The van der Waals surface area contributed by atoms with Crippen LogP contribution in [0.2, 0.25) is 5.02 Å². The predicted octanol–water partition coefficient (Wildman–Crippen LogP) is 2.65. The molecule has 3 rings (SSSR count). The van der Waals surface area contributed by atoms with Crippen LogP contribution in [0.5, 0.6) is 0 Å². The highest BCUT2D eigenvalue weighted by Crippen LogP contribution is 2.28. The molecule has 0 aliphatic carbocycles. The lowest BCUT2D eigenvalue weighted by Gasteiger charge is -2.34. The summed E-state index contributed by atoms with van der Waals surface area (Å²) < 4.78 is 10.9. The summed E-state index contributed by atoms with van der Waals surface area (Å²) in [4.78, 5) is 9.83. The van der Waals surface area contributed by atoms with Gasteiger partial charge in [-0.1, -0.05) is 29.8 Å². The summed E-state index contributed by atoms with van der Waals surface area (Å²) >= 11 is 6.55. The third kappa shape index (κ3) is 5.60. The van der Waals surface area contributed by atoms with Gasteiger partial charge in [0, 0.05) is 50.8 Å². The minimum Gasteiger partial charge on any atom is -0.384 e. The van der Waals surface area contributed by atoms with E-state index >= 15 is 0 Å². The van der Waals surface area contributed by atoms with Crippen molar-refractivity contribution in [2.24, 2.45) is 10.9 Å². The number of guanidine groups is 1.